The molecule has 0 aliphatic rings. The van der Waals surface area contributed by atoms with Gasteiger partial charge >= 0.3 is 0 Å². The van der Waals surface area contributed by atoms with Gasteiger partial charge in [-0.05, 0) is 48.9 Å². The highest BCUT2D eigenvalue weighted by molar-refractivity contribution is 6.30. The van der Waals surface area contributed by atoms with E-state index >= 15 is 0 Å². The third-order valence-corrected chi connectivity index (χ3v) is 3.55. The van der Waals surface area contributed by atoms with Crippen LogP contribution >= 0.6 is 11.6 Å². The quantitative estimate of drug-likeness (QED) is 0.391. The van der Waals surface area contributed by atoms with E-state index in [0.29, 0.717) is 17.2 Å². The Balaban J connectivity index is 1.91. The van der Waals surface area contributed by atoms with Crippen molar-refractivity contribution >= 4 is 23.1 Å². The van der Waals surface area contributed by atoms with Gasteiger partial charge in [-0.3, -0.25) is 4.79 Å². The Bertz CT molecular complexity index is 714. The van der Waals surface area contributed by atoms with Crippen molar-refractivity contribution in [2.75, 3.05) is 11.9 Å². The molecular weight excluding hydrogens is 329 g/mol. The van der Waals surface area contributed by atoms with E-state index in [0.717, 1.165) is 18.6 Å². The number of carbonyl (C=O) groups excluding carboxylic acids is 1. The van der Waals surface area contributed by atoms with E-state index in [9.17, 15) is 9.18 Å². The molecule has 0 amide bonds. The van der Waals surface area contributed by atoms with Crippen molar-refractivity contribution in [3.8, 4) is 5.75 Å². The largest absolute Gasteiger partial charge is 0.494 e. The number of anilines is 1. The summed E-state index contributed by atoms with van der Waals surface area (Å²) in [5, 5.41) is 3.05. The van der Waals surface area contributed by atoms with Gasteiger partial charge in [-0.25, -0.2) is 4.39 Å². The number of allylic oxidation sites excluding steroid dienone is 1. The van der Waals surface area contributed by atoms with Gasteiger partial charge in [0, 0.05) is 22.9 Å². The second-order valence-electron chi connectivity index (χ2n) is 5.19. The van der Waals surface area contributed by atoms with Crippen molar-refractivity contribution < 1.29 is 13.9 Å². The number of ketones is 1. The topological polar surface area (TPSA) is 38.3 Å². The van der Waals surface area contributed by atoms with Crippen LogP contribution in [-0.2, 0) is 0 Å². The maximum atomic E-state index is 13.6. The van der Waals surface area contributed by atoms with Crippen LogP contribution in [0.25, 0.3) is 0 Å². The van der Waals surface area contributed by atoms with E-state index in [1.807, 2.05) is 0 Å². The Kier molecular flexibility index (Phi) is 6.82. The van der Waals surface area contributed by atoms with Gasteiger partial charge in [-0.2, -0.15) is 0 Å². The van der Waals surface area contributed by atoms with Gasteiger partial charge in [-0.15, -0.1) is 0 Å². The Morgan fingerprint density at radius 1 is 1.25 bits per heavy atom. The predicted molar refractivity (Wildman–Crippen MR) is 95.3 cm³/mol. The summed E-state index contributed by atoms with van der Waals surface area (Å²) in [6.07, 6.45) is 4.82. The molecule has 3 nitrogen and oxygen atoms in total. The molecule has 0 spiro atoms. The summed E-state index contributed by atoms with van der Waals surface area (Å²) in [5.74, 6) is 0.0792. The minimum absolute atomic E-state index is 0.183. The number of hydrogen-bond acceptors (Lipinski definition) is 3. The molecule has 0 radical (unpaired) electrons. The summed E-state index contributed by atoms with van der Waals surface area (Å²) in [6.45, 7) is 2.77. The van der Waals surface area contributed by atoms with Crippen LogP contribution in [0.15, 0.2) is 54.7 Å². The Labute approximate surface area is 146 Å². The van der Waals surface area contributed by atoms with Gasteiger partial charge in [0.15, 0.2) is 5.78 Å². The highest BCUT2D eigenvalue weighted by atomic mass is 35.5. The van der Waals surface area contributed by atoms with Crippen LogP contribution in [0, 0.1) is 5.82 Å². The molecule has 2 aromatic carbocycles. The fourth-order valence-electron chi connectivity index (χ4n) is 1.96. The van der Waals surface area contributed by atoms with E-state index in [4.69, 9.17) is 16.3 Å². The number of carbonyl (C=O) groups is 1. The number of halogens is 2. The molecule has 0 aliphatic carbocycles. The smallest absolute Gasteiger partial charge is 0.187 e. The standard InChI is InChI=1S/C19H19ClFNO2/c1-2-3-12-24-16-7-4-14(5-8-16)19(23)10-11-22-18-9-6-15(20)13-17(18)21/h4-11,13,22H,2-3,12H2,1H3. The molecule has 0 aliphatic heterocycles. The number of rotatable bonds is 8. The van der Waals surface area contributed by atoms with Gasteiger partial charge in [0.1, 0.15) is 11.6 Å². The summed E-state index contributed by atoms with van der Waals surface area (Å²) in [7, 11) is 0. The molecule has 2 rings (SSSR count). The van der Waals surface area contributed by atoms with Crippen molar-refractivity contribution in [1.82, 2.24) is 0 Å². The van der Waals surface area contributed by atoms with Crippen molar-refractivity contribution in [2.45, 2.75) is 19.8 Å². The molecule has 1 N–H and O–H groups in total. The number of nitrogens with one attached hydrogen (secondary N) is 1. The first-order valence-electron chi connectivity index (χ1n) is 7.75. The molecule has 24 heavy (non-hydrogen) atoms. The molecule has 126 valence electrons. The van der Waals surface area contributed by atoms with Crippen molar-refractivity contribution in [3.63, 3.8) is 0 Å². The van der Waals surface area contributed by atoms with Crippen LogP contribution in [0.4, 0.5) is 10.1 Å². The van der Waals surface area contributed by atoms with Crippen molar-refractivity contribution in [3.05, 3.63) is 71.1 Å². The Morgan fingerprint density at radius 2 is 2.00 bits per heavy atom. The average Bonchev–Trinajstić information content (AvgIpc) is 2.57. The average molecular weight is 348 g/mol. The maximum absolute atomic E-state index is 13.6. The minimum atomic E-state index is -0.479. The SMILES string of the molecule is CCCCOc1ccc(C(=O)C=CNc2ccc(Cl)cc2F)cc1. The third-order valence-electron chi connectivity index (χ3n) is 3.31. The summed E-state index contributed by atoms with van der Waals surface area (Å²) in [6, 6.07) is 11.2. The molecule has 5 heteroatoms. The number of hydrogen-bond donors (Lipinski definition) is 1. The van der Waals surface area contributed by atoms with Crippen LogP contribution in [-0.4, -0.2) is 12.4 Å². The van der Waals surface area contributed by atoms with Crippen LogP contribution < -0.4 is 10.1 Å². The van der Waals surface area contributed by atoms with E-state index in [1.165, 1.54) is 24.4 Å². The fourth-order valence-corrected chi connectivity index (χ4v) is 2.12. The lowest BCUT2D eigenvalue weighted by Crippen LogP contribution is -1.99. The van der Waals surface area contributed by atoms with E-state index in [2.05, 4.69) is 12.2 Å². The highest BCUT2D eigenvalue weighted by Gasteiger charge is 2.03. The van der Waals surface area contributed by atoms with Crippen LogP contribution in [0.2, 0.25) is 5.02 Å². The van der Waals surface area contributed by atoms with Gasteiger partial charge in [-0.1, -0.05) is 24.9 Å². The highest BCUT2D eigenvalue weighted by Crippen LogP contribution is 2.19. The summed E-state index contributed by atoms with van der Waals surface area (Å²) >= 11 is 5.68. The summed E-state index contributed by atoms with van der Waals surface area (Å²) < 4.78 is 19.1. The van der Waals surface area contributed by atoms with E-state index < -0.39 is 5.82 Å². The second kappa shape index (κ2) is 9.08. The molecule has 0 saturated heterocycles. The lowest BCUT2D eigenvalue weighted by molar-refractivity contribution is 0.104. The van der Waals surface area contributed by atoms with E-state index in [1.54, 1.807) is 30.3 Å². The van der Waals surface area contributed by atoms with Crippen molar-refractivity contribution in [1.29, 1.82) is 0 Å². The molecule has 0 atom stereocenters. The van der Waals surface area contributed by atoms with Crippen LogP contribution in [0.1, 0.15) is 30.1 Å². The summed E-state index contributed by atoms with van der Waals surface area (Å²) in [4.78, 5) is 12.1. The predicted octanol–water partition coefficient (Wildman–Crippen LogP) is 5.47. The van der Waals surface area contributed by atoms with Gasteiger partial charge in [0.05, 0.1) is 12.3 Å². The first-order valence-corrected chi connectivity index (χ1v) is 8.13. The monoisotopic (exact) mass is 347 g/mol. The zero-order valence-electron chi connectivity index (χ0n) is 13.4. The molecule has 2 aromatic rings. The molecule has 0 fully saturated rings. The second-order valence-corrected chi connectivity index (χ2v) is 5.63. The van der Waals surface area contributed by atoms with Crippen molar-refractivity contribution in [2.24, 2.45) is 0 Å². The Morgan fingerprint density at radius 3 is 2.67 bits per heavy atom. The first kappa shape index (κ1) is 18.0. The lowest BCUT2D eigenvalue weighted by Gasteiger charge is -2.05. The van der Waals surface area contributed by atoms with Gasteiger partial charge in [0.2, 0.25) is 0 Å². The molecule has 0 unspecified atom stereocenters. The molecular formula is C19H19ClFNO2. The maximum Gasteiger partial charge on any atom is 0.187 e. The molecule has 0 saturated carbocycles. The molecule has 0 bridgehead atoms. The third kappa shape index (κ3) is 5.39. The zero-order chi connectivity index (χ0) is 17.4. The van der Waals surface area contributed by atoms with Crippen LogP contribution in [0.3, 0.4) is 0 Å². The zero-order valence-corrected chi connectivity index (χ0v) is 14.1. The summed E-state index contributed by atoms with van der Waals surface area (Å²) in [5.41, 5.74) is 0.788. The molecule has 0 aromatic heterocycles. The number of benzene rings is 2. The lowest BCUT2D eigenvalue weighted by atomic mass is 10.1. The minimum Gasteiger partial charge on any atom is -0.494 e. The van der Waals surface area contributed by atoms with Crippen LogP contribution in [0.5, 0.6) is 5.75 Å². The Hall–Kier alpha value is -2.33. The number of unbranched alkanes of at least 4 members (excludes halogenated alkanes) is 1. The van der Waals surface area contributed by atoms with Gasteiger partial charge in [0.25, 0.3) is 0 Å². The van der Waals surface area contributed by atoms with Gasteiger partial charge < -0.3 is 10.1 Å². The normalized spacial score (nSPS) is 10.8. The molecule has 0 heterocycles. The fraction of sp³-hybridized carbons (Fsp3) is 0.211. The number of ether oxygens (including phenoxy) is 1. The van der Waals surface area contributed by atoms with E-state index in [-0.39, 0.29) is 11.5 Å². The first-order chi connectivity index (χ1) is 11.6.